The van der Waals surface area contributed by atoms with Crippen LogP contribution in [0, 0.1) is 0 Å². The van der Waals surface area contributed by atoms with E-state index in [-0.39, 0.29) is 11.5 Å². The number of nitrogens with zero attached hydrogens (tertiary/aromatic N) is 1. The molecule has 0 fully saturated rings. The van der Waals surface area contributed by atoms with Gasteiger partial charge in [0.15, 0.2) is 16.6 Å². The normalized spacial score (nSPS) is 11.8. The maximum atomic E-state index is 11.9. The number of rotatable bonds is 8. The van der Waals surface area contributed by atoms with E-state index in [4.69, 9.17) is 9.47 Å². The number of thioether (sulfide) groups is 1. The summed E-state index contributed by atoms with van der Waals surface area (Å²) in [5.74, 6) is 1.33. The summed E-state index contributed by atoms with van der Waals surface area (Å²) in [6, 6.07) is 11.1. The van der Waals surface area contributed by atoms with E-state index in [9.17, 15) is 9.90 Å². The molecule has 0 aliphatic heterocycles. The van der Waals surface area contributed by atoms with Gasteiger partial charge < -0.3 is 14.6 Å². The van der Waals surface area contributed by atoms with Gasteiger partial charge in [-0.15, -0.1) is 0 Å². The number of hydrogen-bond acceptors (Lipinski definition) is 6. The van der Waals surface area contributed by atoms with Crippen molar-refractivity contribution in [1.29, 1.82) is 0 Å². The summed E-state index contributed by atoms with van der Waals surface area (Å²) in [7, 11) is 3.18. The monoisotopic (exact) mass is 347 g/mol. The van der Waals surface area contributed by atoms with Crippen LogP contribution in [0.5, 0.6) is 11.5 Å². The van der Waals surface area contributed by atoms with Crippen molar-refractivity contribution in [1.82, 2.24) is 4.98 Å². The summed E-state index contributed by atoms with van der Waals surface area (Å²) in [4.78, 5) is 16.0. The number of pyridine rings is 1. The average Bonchev–Trinajstić information content (AvgIpc) is 2.60. The van der Waals surface area contributed by atoms with Crippen LogP contribution in [0.25, 0.3) is 0 Å². The average molecular weight is 347 g/mol. The number of hydrogen-bond donors (Lipinski definition) is 1. The minimum Gasteiger partial charge on any atom is -0.493 e. The van der Waals surface area contributed by atoms with E-state index in [1.54, 1.807) is 32.5 Å². The van der Waals surface area contributed by atoms with Crippen LogP contribution >= 0.6 is 11.8 Å². The fourth-order valence-corrected chi connectivity index (χ4v) is 3.00. The minimum absolute atomic E-state index is 0.0893. The first-order valence-corrected chi connectivity index (χ1v) is 8.44. The molecular weight excluding hydrogens is 326 g/mol. The van der Waals surface area contributed by atoms with E-state index >= 15 is 0 Å². The van der Waals surface area contributed by atoms with E-state index in [0.717, 1.165) is 17.3 Å². The lowest BCUT2D eigenvalue weighted by molar-refractivity contribution is -0.112. The van der Waals surface area contributed by atoms with Crippen molar-refractivity contribution in [2.24, 2.45) is 0 Å². The van der Waals surface area contributed by atoms with Gasteiger partial charge in [-0.1, -0.05) is 12.1 Å². The molecule has 2 aromatic rings. The first-order chi connectivity index (χ1) is 11.6. The number of aryl methyl sites for hydroxylation is 1. The predicted molar refractivity (Wildman–Crippen MR) is 93.6 cm³/mol. The highest BCUT2D eigenvalue weighted by atomic mass is 32.2. The minimum atomic E-state index is -0.679. The Morgan fingerprint density at radius 1 is 1.21 bits per heavy atom. The summed E-state index contributed by atoms with van der Waals surface area (Å²) < 4.78 is 10.5. The van der Waals surface area contributed by atoms with Crippen LogP contribution in [0.15, 0.2) is 47.6 Å². The Kier molecular flexibility index (Phi) is 7.08. The third-order valence-electron chi connectivity index (χ3n) is 3.47. The fourth-order valence-electron chi connectivity index (χ4n) is 2.23. The number of aliphatic hydroxyl groups is 1. The molecule has 0 saturated carbocycles. The van der Waals surface area contributed by atoms with Crippen LogP contribution in [0.2, 0.25) is 0 Å². The van der Waals surface area contributed by atoms with Gasteiger partial charge in [-0.05, 0) is 54.4 Å². The van der Waals surface area contributed by atoms with Crippen molar-refractivity contribution in [3.8, 4) is 11.5 Å². The summed E-state index contributed by atoms with van der Waals surface area (Å²) in [6.07, 6.45) is 2.23. The van der Waals surface area contributed by atoms with E-state index in [1.165, 1.54) is 0 Å². The van der Waals surface area contributed by atoms with Crippen LogP contribution in [-0.4, -0.2) is 35.5 Å². The SMILES string of the molecule is COc1ccc(CC[C@@H](O)CC(=O)Sc2ccccn2)cc1OC. The molecule has 1 N–H and O–H groups in total. The van der Waals surface area contributed by atoms with E-state index in [2.05, 4.69) is 4.98 Å². The Hall–Kier alpha value is -2.05. The zero-order chi connectivity index (χ0) is 17.4. The first kappa shape index (κ1) is 18.3. The van der Waals surface area contributed by atoms with Crippen LogP contribution in [-0.2, 0) is 11.2 Å². The molecule has 0 unspecified atom stereocenters. The van der Waals surface area contributed by atoms with Gasteiger partial charge in [0.2, 0.25) is 0 Å². The maximum Gasteiger partial charge on any atom is 0.197 e. The lowest BCUT2D eigenvalue weighted by Gasteiger charge is -2.12. The largest absolute Gasteiger partial charge is 0.493 e. The molecule has 1 aromatic carbocycles. The van der Waals surface area contributed by atoms with Gasteiger partial charge in [0.25, 0.3) is 0 Å². The molecule has 0 saturated heterocycles. The number of ether oxygens (including phenoxy) is 2. The number of aromatic nitrogens is 1. The fraction of sp³-hybridized carbons (Fsp3) is 0.333. The third-order valence-corrected chi connectivity index (χ3v) is 4.32. The molecule has 128 valence electrons. The number of methoxy groups -OCH3 is 2. The number of aliphatic hydroxyl groups excluding tert-OH is 1. The second kappa shape index (κ2) is 9.30. The molecule has 1 atom stereocenters. The second-order valence-electron chi connectivity index (χ2n) is 5.23. The zero-order valence-electron chi connectivity index (χ0n) is 13.8. The molecule has 24 heavy (non-hydrogen) atoms. The molecule has 6 heteroatoms. The van der Waals surface area contributed by atoms with Crippen molar-refractivity contribution in [3.63, 3.8) is 0 Å². The van der Waals surface area contributed by atoms with Crippen LogP contribution in [0.1, 0.15) is 18.4 Å². The molecule has 0 spiro atoms. The Morgan fingerprint density at radius 2 is 2.00 bits per heavy atom. The molecule has 2 rings (SSSR count). The first-order valence-electron chi connectivity index (χ1n) is 7.63. The molecule has 1 aromatic heterocycles. The summed E-state index contributed by atoms with van der Waals surface area (Å²) >= 11 is 1.06. The van der Waals surface area contributed by atoms with Crippen LogP contribution in [0.3, 0.4) is 0 Å². The molecular formula is C18H21NO4S. The number of carbonyl (C=O) groups is 1. The highest BCUT2D eigenvalue weighted by molar-refractivity contribution is 8.13. The standard InChI is InChI=1S/C18H21NO4S/c1-22-15-9-7-13(11-16(15)23-2)6-8-14(20)12-18(21)24-17-5-3-4-10-19-17/h3-5,7,9-11,14,20H,6,8,12H2,1-2H3/t14-/m1/s1. The van der Waals surface area contributed by atoms with Gasteiger partial charge >= 0.3 is 0 Å². The Bertz CT molecular complexity index is 663. The van der Waals surface area contributed by atoms with Crippen molar-refractivity contribution >= 4 is 16.9 Å². The Morgan fingerprint density at radius 3 is 2.67 bits per heavy atom. The molecule has 0 radical (unpaired) electrons. The predicted octanol–water partition coefficient (Wildman–Crippen LogP) is 3.10. The van der Waals surface area contributed by atoms with Crippen molar-refractivity contribution < 1.29 is 19.4 Å². The Balaban J connectivity index is 1.82. The van der Waals surface area contributed by atoms with Gasteiger partial charge in [0.1, 0.15) is 5.03 Å². The molecule has 0 aliphatic carbocycles. The van der Waals surface area contributed by atoms with Gasteiger partial charge in [0, 0.05) is 12.6 Å². The van der Waals surface area contributed by atoms with E-state index < -0.39 is 6.10 Å². The highest BCUT2D eigenvalue weighted by Crippen LogP contribution is 2.28. The van der Waals surface area contributed by atoms with Gasteiger partial charge in [-0.25, -0.2) is 4.98 Å². The van der Waals surface area contributed by atoms with Crippen molar-refractivity contribution in [2.75, 3.05) is 14.2 Å². The summed E-state index contributed by atoms with van der Waals surface area (Å²) in [6.45, 7) is 0. The lowest BCUT2D eigenvalue weighted by atomic mass is 10.0. The summed E-state index contributed by atoms with van der Waals surface area (Å²) in [5.41, 5.74) is 1.02. The molecule has 5 nitrogen and oxygen atoms in total. The molecule has 0 aliphatic rings. The highest BCUT2D eigenvalue weighted by Gasteiger charge is 2.13. The van der Waals surface area contributed by atoms with Crippen LogP contribution < -0.4 is 9.47 Å². The molecule has 0 amide bonds. The maximum absolute atomic E-state index is 11.9. The lowest BCUT2D eigenvalue weighted by Crippen LogP contribution is -2.12. The smallest absolute Gasteiger partial charge is 0.197 e. The van der Waals surface area contributed by atoms with Crippen molar-refractivity contribution in [3.05, 3.63) is 48.2 Å². The van der Waals surface area contributed by atoms with E-state index in [0.29, 0.717) is 29.4 Å². The van der Waals surface area contributed by atoms with Gasteiger partial charge in [-0.3, -0.25) is 4.79 Å². The topological polar surface area (TPSA) is 68.7 Å². The molecule has 0 bridgehead atoms. The van der Waals surface area contributed by atoms with Gasteiger partial charge in [-0.2, -0.15) is 0 Å². The quantitative estimate of drug-likeness (QED) is 0.740. The second-order valence-corrected chi connectivity index (χ2v) is 6.31. The third kappa shape index (κ3) is 5.54. The van der Waals surface area contributed by atoms with Gasteiger partial charge in [0.05, 0.1) is 20.3 Å². The molecule has 1 heterocycles. The number of benzene rings is 1. The number of carbonyl (C=O) groups excluding carboxylic acids is 1. The summed E-state index contributed by atoms with van der Waals surface area (Å²) in [5, 5.41) is 10.6. The zero-order valence-corrected chi connectivity index (χ0v) is 14.6. The van der Waals surface area contributed by atoms with Crippen LogP contribution in [0.4, 0.5) is 0 Å². The Labute approximate surface area is 146 Å². The van der Waals surface area contributed by atoms with E-state index in [1.807, 2.05) is 24.3 Å². The van der Waals surface area contributed by atoms with Crippen molar-refractivity contribution in [2.45, 2.75) is 30.4 Å².